The number of ketones is 1. The number of anilines is 2. The Hall–Kier alpha value is -5.45. The number of aliphatic hydroxyl groups is 1. The number of aryl methyl sites for hydroxylation is 1. The minimum absolute atomic E-state index is 0.0126. The first kappa shape index (κ1) is 33.1. The van der Waals surface area contributed by atoms with Crippen LogP contribution in [0.25, 0.3) is 16.5 Å². The van der Waals surface area contributed by atoms with E-state index in [0.717, 1.165) is 27.8 Å². The van der Waals surface area contributed by atoms with Crippen LogP contribution in [-0.4, -0.2) is 41.1 Å². The van der Waals surface area contributed by atoms with Crippen LogP contribution in [-0.2, 0) is 21.9 Å². The molecule has 1 saturated heterocycles. The summed E-state index contributed by atoms with van der Waals surface area (Å²) in [4.78, 5) is 30.9. The molecule has 10 heteroatoms. The van der Waals surface area contributed by atoms with Gasteiger partial charge >= 0.3 is 5.91 Å². The number of nitrogens with zero attached hydrogens (tertiary/aromatic N) is 4. The Bertz CT molecular complexity index is 2220. The molecule has 2 heterocycles. The van der Waals surface area contributed by atoms with E-state index in [0.29, 0.717) is 33.6 Å². The molecule has 1 atom stereocenters. The maximum absolute atomic E-state index is 13.8. The van der Waals surface area contributed by atoms with Crippen LogP contribution in [0.4, 0.5) is 10.8 Å². The predicted octanol–water partition coefficient (Wildman–Crippen LogP) is 8.56. The van der Waals surface area contributed by atoms with E-state index in [9.17, 15) is 14.7 Å². The normalized spacial score (nSPS) is 15.5. The van der Waals surface area contributed by atoms with Crippen molar-refractivity contribution in [2.24, 2.45) is 0 Å². The number of Topliss-reactive ketones (excluding diaryl/α,β-unsaturated/α-hetero) is 1. The summed E-state index contributed by atoms with van der Waals surface area (Å²) in [5.74, 6) is -0.552. The van der Waals surface area contributed by atoms with E-state index in [-0.39, 0.29) is 16.5 Å². The van der Waals surface area contributed by atoms with Crippen molar-refractivity contribution < 1.29 is 19.4 Å². The summed E-state index contributed by atoms with van der Waals surface area (Å²) >= 11 is 2.77. The van der Waals surface area contributed by atoms with Gasteiger partial charge in [0.05, 0.1) is 11.6 Å². The lowest BCUT2D eigenvalue weighted by atomic mass is 9.95. The molecule has 1 aromatic heterocycles. The van der Waals surface area contributed by atoms with Crippen LogP contribution in [0, 0.1) is 6.92 Å². The molecule has 250 valence electrons. The lowest BCUT2D eigenvalue weighted by Crippen LogP contribution is -2.29. The van der Waals surface area contributed by atoms with Crippen molar-refractivity contribution in [2.45, 2.75) is 29.7 Å². The summed E-state index contributed by atoms with van der Waals surface area (Å²) in [6.07, 6.45) is 0. The molecule has 1 aliphatic heterocycles. The number of benzene rings is 5. The number of hydrogen-bond donors (Lipinski definition) is 1. The van der Waals surface area contributed by atoms with Crippen LogP contribution in [0.2, 0.25) is 0 Å². The zero-order valence-electron chi connectivity index (χ0n) is 27.7. The Morgan fingerprint density at radius 1 is 0.860 bits per heavy atom. The highest BCUT2D eigenvalue weighted by Crippen LogP contribution is 2.44. The second-order valence-corrected chi connectivity index (χ2v) is 14.4. The Morgan fingerprint density at radius 3 is 2.32 bits per heavy atom. The molecule has 6 aromatic rings. The van der Waals surface area contributed by atoms with E-state index in [1.165, 1.54) is 33.4 Å². The number of thioether (sulfide) groups is 1. The first-order chi connectivity index (χ1) is 24.3. The molecular formula is C40H34N4O4S2. The van der Waals surface area contributed by atoms with Gasteiger partial charge in [0.2, 0.25) is 5.13 Å². The molecule has 0 bridgehead atoms. The maximum atomic E-state index is 13.8. The molecule has 0 aliphatic carbocycles. The number of carbonyl (C=O) groups excluding carboxylic acids is 2. The Morgan fingerprint density at radius 2 is 1.56 bits per heavy atom. The third-order valence-corrected chi connectivity index (χ3v) is 10.9. The summed E-state index contributed by atoms with van der Waals surface area (Å²) in [6, 6.07) is 36.0. The molecule has 0 spiro atoms. The molecule has 50 heavy (non-hydrogen) atoms. The van der Waals surface area contributed by atoms with Gasteiger partial charge in [-0.05, 0) is 76.3 Å². The van der Waals surface area contributed by atoms with E-state index in [4.69, 9.17) is 4.74 Å². The summed E-state index contributed by atoms with van der Waals surface area (Å²) in [5, 5.41) is 23.1. The molecule has 0 saturated carbocycles. The molecule has 1 fully saturated rings. The highest BCUT2D eigenvalue weighted by Gasteiger charge is 2.48. The minimum Gasteiger partial charge on any atom is -0.507 e. The van der Waals surface area contributed by atoms with Crippen molar-refractivity contribution >= 4 is 62.1 Å². The van der Waals surface area contributed by atoms with Crippen molar-refractivity contribution in [3.63, 3.8) is 0 Å². The van der Waals surface area contributed by atoms with Gasteiger partial charge in [0, 0.05) is 31.1 Å². The van der Waals surface area contributed by atoms with E-state index < -0.39 is 17.7 Å². The number of carbonyl (C=O) groups is 2. The highest BCUT2D eigenvalue weighted by atomic mass is 32.2. The molecule has 7 rings (SSSR count). The number of hydrogen-bond acceptors (Lipinski definition) is 9. The van der Waals surface area contributed by atoms with E-state index in [2.05, 4.69) is 34.5 Å². The van der Waals surface area contributed by atoms with Gasteiger partial charge < -0.3 is 14.7 Å². The summed E-state index contributed by atoms with van der Waals surface area (Å²) in [5.41, 5.74) is 5.37. The maximum Gasteiger partial charge on any atom is 0.301 e. The van der Waals surface area contributed by atoms with Gasteiger partial charge in [-0.25, -0.2) is 0 Å². The van der Waals surface area contributed by atoms with E-state index >= 15 is 0 Å². The third kappa shape index (κ3) is 6.59. The van der Waals surface area contributed by atoms with Crippen LogP contribution in [0.3, 0.4) is 0 Å². The molecule has 1 unspecified atom stereocenters. The average Bonchev–Trinajstić information content (AvgIpc) is 3.71. The van der Waals surface area contributed by atoms with Crippen molar-refractivity contribution in [1.82, 2.24) is 10.2 Å². The smallest absolute Gasteiger partial charge is 0.301 e. The van der Waals surface area contributed by atoms with Crippen LogP contribution < -0.4 is 14.5 Å². The largest absolute Gasteiger partial charge is 0.507 e. The van der Waals surface area contributed by atoms with Crippen molar-refractivity contribution in [2.75, 3.05) is 23.9 Å². The third-order valence-electron chi connectivity index (χ3n) is 8.79. The highest BCUT2D eigenvalue weighted by molar-refractivity contribution is 8.00. The SMILES string of the molecule is Cc1ccccc1COc1ccc(C(O)=C2C(=O)C(=O)N(c3nnc(SCc4cccc5ccccc45)s3)C2c2ccc(N(C)C)cc2)cc1. The standard InChI is InChI=1S/C40H34N4O4S2/c1-25-9-4-5-11-29(25)23-48-32-21-17-28(18-22-32)36(45)34-35(27-15-19-31(20-16-27)43(2)3)44(38(47)37(34)46)39-41-42-40(50-39)49-24-30-13-8-12-26-10-6-7-14-33(26)30/h4-22,35,45H,23-24H2,1-3H3. The van der Waals surface area contributed by atoms with E-state index in [1.54, 1.807) is 24.3 Å². The first-order valence-electron chi connectivity index (χ1n) is 16.1. The number of fused-ring (bicyclic) bond motifs is 1. The predicted molar refractivity (Wildman–Crippen MR) is 201 cm³/mol. The Labute approximate surface area is 298 Å². The van der Waals surface area contributed by atoms with Crippen molar-refractivity contribution in [3.8, 4) is 5.75 Å². The monoisotopic (exact) mass is 698 g/mol. The van der Waals surface area contributed by atoms with E-state index in [1.807, 2.05) is 92.6 Å². The number of ether oxygens (including phenoxy) is 1. The molecule has 5 aromatic carbocycles. The summed E-state index contributed by atoms with van der Waals surface area (Å²) in [7, 11) is 3.88. The van der Waals surface area contributed by atoms with Crippen LogP contribution in [0.5, 0.6) is 5.75 Å². The fourth-order valence-corrected chi connectivity index (χ4v) is 7.89. The second kappa shape index (κ2) is 14.2. The lowest BCUT2D eigenvalue weighted by Gasteiger charge is -2.23. The topological polar surface area (TPSA) is 95.9 Å². The van der Waals surface area contributed by atoms with Gasteiger partial charge in [0.25, 0.3) is 5.78 Å². The Balaban J connectivity index is 1.19. The van der Waals surface area contributed by atoms with Crippen LogP contribution in [0.15, 0.2) is 125 Å². The van der Waals surface area contributed by atoms with Gasteiger partial charge in [0.1, 0.15) is 18.1 Å². The van der Waals surface area contributed by atoms with Crippen molar-refractivity contribution in [1.29, 1.82) is 0 Å². The average molecular weight is 699 g/mol. The number of amides is 1. The zero-order chi connectivity index (χ0) is 34.8. The molecule has 1 N–H and O–H groups in total. The number of aromatic nitrogens is 2. The Kier molecular flexibility index (Phi) is 9.38. The molecular weight excluding hydrogens is 665 g/mol. The molecule has 8 nitrogen and oxygen atoms in total. The fourth-order valence-electron chi connectivity index (χ4n) is 6.01. The van der Waals surface area contributed by atoms with Gasteiger partial charge in [-0.15, -0.1) is 10.2 Å². The quantitative estimate of drug-likeness (QED) is 0.0500. The van der Waals surface area contributed by atoms with Gasteiger partial charge in [-0.3, -0.25) is 14.5 Å². The van der Waals surface area contributed by atoms with Gasteiger partial charge in [-0.1, -0.05) is 102 Å². The van der Waals surface area contributed by atoms with Crippen molar-refractivity contribution in [3.05, 3.63) is 149 Å². The summed E-state index contributed by atoms with van der Waals surface area (Å²) in [6.45, 7) is 2.43. The molecule has 0 radical (unpaired) electrons. The van der Waals surface area contributed by atoms with Gasteiger partial charge in [0.15, 0.2) is 4.34 Å². The van der Waals surface area contributed by atoms with Crippen LogP contribution >= 0.6 is 23.1 Å². The number of aliphatic hydroxyl groups excluding tert-OH is 1. The number of rotatable bonds is 10. The second-order valence-electron chi connectivity index (χ2n) is 12.2. The first-order valence-corrected chi connectivity index (χ1v) is 17.9. The van der Waals surface area contributed by atoms with Gasteiger partial charge in [-0.2, -0.15) is 0 Å². The molecule has 1 aliphatic rings. The van der Waals surface area contributed by atoms with Crippen LogP contribution in [0.1, 0.15) is 33.9 Å². The summed E-state index contributed by atoms with van der Waals surface area (Å²) < 4.78 is 6.66. The lowest BCUT2D eigenvalue weighted by molar-refractivity contribution is -0.132. The zero-order valence-corrected chi connectivity index (χ0v) is 29.4. The minimum atomic E-state index is -0.910. The molecule has 1 amide bonds. The fraction of sp³-hybridized carbons (Fsp3) is 0.150.